The van der Waals surface area contributed by atoms with E-state index in [4.69, 9.17) is 5.73 Å². The van der Waals surface area contributed by atoms with Gasteiger partial charge < -0.3 is 5.73 Å². The second-order valence-corrected chi connectivity index (χ2v) is 4.71. The number of nitrogen functional groups attached to an aromatic ring is 1. The molecule has 0 radical (unpaired) electrons. The third kappa shape index (κ3) is 1.96. The fraction of sp³-hybridized carbons (Fsp3) is 0.462. The van der Waals surface area contributed by atoms with Crippen LogP contribution in [0.15, 0.2) is 24.3 Å². The molecule has 0 aliphatic carbocycles. The monoisotopic (exact) mass is 245 g/mol. The molecule has 2 N–H and O–H groups in total. The van der Waals surface area contributed by atoms with Gasteiger partial charge in [0.2, 0.25) is 0 Å². The first-order valence-corrected chi connectivity index (χ1v) is 6.26. The Morgan fingerprint density at radius 2 is 1.89 bits per heavy atom. The zero-order valence-electron chi connectivity index (χ0n) is 11.1. The van der Waals surface area contributed by atoms with Gasteiger partial charge in [-0.25, -0.2) is 4.68 Å². The van der Waals surface area contributed by atoms with Gasteiger partial charge in [-0.05, 0) is 42.3 Å². The summed E-state index contributed by atoms with van der Waals surface area (Å²) in [7, 11) is 0. The maximum atomic E-state index is 6.00. The Morgan fingerprint density at radius 3 is 2.50 bits per heavy atom. The van der Waals surface area contributed by atoms with Gasteiger partial charge in [0.25, 0.3) is 0 Å². The smallest absolute Gasteiger partial charge is 0.184 e. The van der Waals surface area contributed by atoms with Crippen molar-refractivity contribution in [3.8, 4) is 11.4 Å². The van der Waals surface area contributed by atoms with Crippen LogP contribution in [0.3, 0.4) is 0 Å². The third-order valence-electron chi connectivity index (χ3n) is 3.71. The lowest BCUT2D eigenvalue weighted by atomic mass is 9.95. The number of hydrogen-bond donors (Lipinski definition) is 1. The van der Waals surface area contributed by atoms with Gasteiger partial charge in [-0.3, -0.25) is 0 Å². The summed E-state index contributed by atoms with van der Waals surface area (Å²) >= 11 is 0. The Morgan fingerprint density at radius 1 is 1.22 bits per heavy atom. The molecule has 0 fully saturated rings. The number of nitrogens with zero attached hydrogens (tertiary/aromatic N) is 4. The van der Waals surface area contributed by atoms with Crippen molar-refractivity contribution in [3.05, 3.63) is 24.3 Å². The van der Waals surface area contributed by atoms with E-state index in [-0.39, 0.29) is 5.54 Å². The Hall–Kier alpha value is -1.91. The number of hydrogen-bond acceptors (Lipinski definition) is 4. The molecule has 0 amide bonds. The molecule has 0 saturated carbocycles. The van der Waals surface area contributed by atoms with Gasteiger partial charge in [-0.15, -0.1) is 5.10 Å². The Bertz CT molecular complexity index is 528. The molecule has 2 rings (SSSR count). The van der Waals surface area contributed by atoms with E-state index in [9.17, 15) is 0 Å². The Kier molecular flexibility index (Phi) is 3.32. The molecule has 18 heavy (non-hydrogen) atoms. The van der Waals surface area contributed by atoms with Crippen LogP contribution in [0.4, 0.5) is 5.69 Å². The molecule has 0 aliphatic rings. The van der Waals surface area contributed by atoms with Crippen molar-refractivity contribution in [3.63, 3.8) is 0 Å². The maximum Gasteiger partial charge on any atom is 0.184 e. The fourth-order valence-corrected chi connectivity index (χ4v) is 1.97. The number of tetrazole rings is 1. The van der Waals surface area contributed by atoms with Crippen LogP contribution in [-0.4, -0.2) is 20.2 Å². The van der Waals surface area contributed by atoms with Gasteiger partial charge >= 0.3 is 0 Å². The van der Waals surface area contributed by atoms with Crippen LogP contribution in [-0.2, 0) is 5.54 Å². The molecule has 0 atom stereocenters. The van der Waals surface area contributed by atoms with E-state index in [2.05, 4.69) is 36.3 Å². The molecule has 1 aromatic carbocycles. The number of benzene rings is 1. The van der Waals surface area contributed by atoms with Crippen LogP contribution in [0.5, 0.6) is 0 Å². The van der Waals surface area contributed by atoms with Gasteiger partial charge in [0.05, 0.1) is 5.54 Å². The summed E-state index contributed by atoms with van der Waals surface area (Å²) in [5, 5.41) is 12.1. The van der Waals surface area contributed by atoms with Gasteiger partial charge in [0, 0.05) is 11.3 Å². The summed E-state index contributed by atoms with van der Waals surface area (Å²) in [6, 6.07) is 7.67. The molecule has 0 aliphatic heterocycles. The molecule has 1 heterocycles. The van der Waals surface area contributed by atoms with Crippen molar-refractivity contribution in [2.75, 3.05) is 5.73 Å². The first kappa shape index (κ1) is 12.5. The molecule has 0 saturated heterocycles. The third-order valence-corrected chi connectivity index (χ3v) is 3.71. The highest BCUT2D eigenvalue weighted by molar-refractivity contribution is 5.71. The van der Waals surface area contributed by atoms with Crippen LogP contribution in [0.2, 0.25) is 0 Å². The standard InChI is InChI=1S/C13H19N5/c1-4-13(3,5-2)18-12(15-16-17-18)10-8-6-7-9-11(10)14/h6-9H,4-5,14H2,1-3H3. The molecular formula is C13H19N5. The Balaban J connectivity index is 2.55. The van der Waals surface area contributed by atoms with E-state index in [0.29, 0.717) is 5.69 Å². The number of anilines is 1. The topological polar surface area (TPSA) is 69.6 Å². The molecule has 1 aromatic heterocycles. The summed E-state index contributed by atoms with van der Waals surface area (Å²) in [5.74, 6) is 0.735. The zero-order chi connectivity index (χ0) is 13.2. The van der Waals surface area contributed by atoms with Crippen molar-refractivity contribution < 1.29 is 0 Å². The van der Waals surface area contributed by atoms with Crippen molar-refractivity contribution in [1.82, 2.24) is 20.2 Å². The lowest BCUT2D eigenvalue weighted by Gasteiger charge is -2.27. The van der Waals surface area contributed by atoms with Crippen molar-refractivity contribution in [2.45, 2.75) is 39.2 Å². The number of aromatic nitrogens is 4. The minimum absolute atomic E-state index is 0.0822. The molecular weight excluding hydrogens is 226 g/mol. The predicted octanol–water partition coefficient (Wildman–Crippen LogP) is 2.46. The minimum Gasteiger partial charge on any atom is -0.398 e. The number of nitrogens with two attached hydrogens (primary N) is 1. The van der Waals surface area contributed by atoms with Gasteiger partial charge in [0.15, 0.2) is 5.82 Å². The summed E-state index contributed by atoms with van der Waals surface area (Å²) in [6.45, 7) is 6.44. The Labute approximate surface area is 107 Å². The molecule has 0 spiro atoms. The van der Waals surface area contributed by atoms with Crippen LogP contribution in [0, 0.1) is 0 Å². The summed E-state index contributed by atoms with van der Waals surface area (Å²) in [6.07, 6.45) is 1.93. The first-order valence-electron chi connectivity index (χ1n) is 6.26. The number of para-hydroxylation sites is 1. The number of rotatable bonds is 4. The van der Waals surface area contributed by atoms with E-state index >= 15 is 0 Å². The van der Waals surface area contributed by atoms with Gasteiger partial charge in [-0.2, -0.15) is 0 Å². The van der Waals surface area contributed by atoms with E-state index in [0.717, 1.165) is 24.2 Å². The maximum absolute atomic E-state index is 6.00. The summed E-state index contributed by atoms with van der Waals surface area (Å²) < 4.78 is 1.89. The molecule has 0 bridgehead atoms. The zero-order valence-corrected chi connectivity index (χ0v) is 11.1. The van der Waals surface area contributed by atoms with Crippen LogP contribution < -0.4 is 5.73 Å². The normalized spacial score (nSPS) is 11.7. The lowest BCUT2D eigenvalue weighted by molar-refractivity contribution is 0.262. The second-order valence-electron chi connectivity index (χ2n) is 4.71. The predicted molar refractivity (Wildman–Crippen MR) is 71.9 cm³/mol. The largest absolute Gasteiger partial charge is 0.398 e. The molecule has 2 aromatic rings. The van der Waals surface area contributed by atoms with E-state index < -0.39 is 0 Å². The molecule has 96 valence electrons. The van der Waals surface area contributed by atoms with Crippen molar-refractivity contribution >= 4 is 5.69 Å². The van der Waals surface area contributed by atoms with Gasteiger partial charge in [0.1, 0.15) is 0 Å². The molecule has 0 unspecified atom stereocenters. The summed E-state index contributed by atoms with van der Waals surface area (Å²) in [5.41, 5.74) is 7.50. The SMILES string of the molecule is CCC(C)(CC)n1nnnc1-c1ccccc1N. The lowest BCUT2D eigenvalue weighted by Crippen LogP contribution is -2.30. The first-order chi connectivity index (χ1) is 8.62. The minimum atomic E-state index is -0.0822. The highest BCUT2D eigenvalue weighted by Crippen LogP contribution is 2.30. The van der Waals surface area contributed by atoms with Crippen LogP contribution in [0.1, 0.15) is 33.6 Å². The van der Waals surface area contributed by atoms with Crippen LogP contribution in [0.25, 0.3) is 11.4 Å². The van der Waals surface area contributed by atoms with Crippen LogP contribution >= 0.6 is 0 Å². The molecule has 5 nitrogen and oxygen atoms in total. The second kappa shape index (κ2) is 4.76. The fourth-order valence-electron chi connectivity index (χ4n) is 1.97. The quantitative estimate of drug-likeness (QED) is 0.840. The summed E-state index contributed by atoms with van der Waals surface area (Å²) in [4.78, 5) is 0. The van der Waals surface area contributed by atoms with E-state index in [1.54, 1.807) is 0 Å². The average Bonchev–Trinajstić information content (AvgIpc) is 2.88. The average molecular weight is 245 g/mol. The highest BCUT2D eigenvalue weighted by Gasteiger charge is 2.27. The van der Waals surface area contributed by atoms with Crippen molar-refractivity contribution in [2.24, 2.45) is 0 Å². The highest BCUT2D eigenvalue weighted by atomic mass is 15.6. The van der Waals surface area contributed by atoms with E-state index in [1.807, 2.05) is 28.9 Å². The molecule has 5 heteroatoms. The van der Waals surface area contributed by atoms with Crippen molar-refractivity contribution in [1.29, 1.82) is 0 Å². The van der Waals surface area contributed by atoms with E-state index in [1.165, 1.54) is 0 Å². The van der Waals surface area contributed by atoms with Gasteiger partial charge in [-0.1, -0.05) is 26.0 Å².